The van der Waals surface area contributed by atoms with Crippen LogP contribution in [0, 0.1) is 5.92 Å². The summed E-state index contributed by atoms with van der Waals surface area (Å²) in [5.74, 6) is 0.455. The van der Waals surface area contributed by atoms with Gasteiger partial charge in [-0.25, -0.2) is 0 Å². The van der Waals surface area contributed by atoms with E-state index < -0.39 is 6.29 Å². The lowest BCUT2D eigenvalue weighted by Crippen LogP contribution is -2.21. The molecule has 2 unspecified atom stereocenters. The minimum atomic E-state index is -0.413. The molecular formula is C17H34O3. The zero-order valence-electron chi connectivity index (χ0n) is 14.0. The number of esters is 1. The van der Waals surface area contributed by atoms with Gasteiger partial charge in [0.05, 0.1) is 6.61 Å². The smallest absolute Gasteiger partial charge is 0.308 e. The molecule has 0 heterocycles. The third kappa shape index (κ3) is 11.3. The van der Waals surface area contributed by atoms with E-state index in [0.717, 1.165) is 19.3 Å². The molecule has 0 aliphatic rings. The van der Waals surface area contributed by atoms with E-state index in [4.69, 9.17) is 9.47 Å². The van der Waals surface area contributed by atoms with Gasteiger partial charge in [0.25, 0.3) is 0 Å². The van der Waals surface area contributed by atoms with E-state index in [0.29, 0.717) is 18.9 Å². The highest BCUT2D eigenvalue weighted by molar-refractivity contribution is 5.69. The molecule has 0 aliphatic heterocycles. The van der Waals surface area contributed by atoms with Crippen LogP contribution in [-0.4, -0.2) is 18.9 Å². The fourth-order valence-corrected chi connectivity index (χ4v) is 2.14. The maximum Gasteiger partial charge on any atom is 0.308 e. The van der Waals surface area contributed by atoms with Crippen molar-refractivity contribution in [3.63, 3.8) is 0 Å². The molecule has 0 spiro atoms. The number of rotatable bonds is 13. The number of unbranched alkanes of at least 4 members (excludes halogenated alkanes) is 4. The van der Waals surface area contributed by atoms with Crippen LogP contribution in [0.1, 0.15) is 85.5 Å². The topological polar surface area (TPSA) is 35.5 Å². The Balaban J connectivity index is 3.69. The fourth-order valence-electron chi connectivity index (χ4n) is 2.14. The molecule has 0 saturated heterocycles. The first-order valence-electron chi connectivity index (χ1n) is 8.45. The molecule has 0 N–H and O–H groups in total. The van der Waals surface area contributed by atoms with Crippen LogP contribution >= 0.6 is 0 Å². The summed E-state index contributed by atoms with van der Waals surface area (Å²) in [6, 6.07) is 0. The largest absolute Gasteiger partial charge is 0.436 e. The van der Waals surface area contributed by atoms with E-state index in [1.54, 1.807) is 0 Å². The highest BCUT2D eigenvalue weighted by atomic mass is 16.7. The van der Waals surface area contributed by atoms with E-state index >= 15 is 0 Å². The summed E-state index contributed by atoms with van der Waals surface area (Å²) in [5, 5.41) is 0. The zero-order chi connectivity index (χ0) is 15.2. The Bertz CT molecular complexity index is 228. The maximum absolute atomic E-state index is 11.6. The summed E-state index contributed by atoms with van der Waals surface area (Å²) in [6.45, 7) is 9.07. The van der Waals surface area contributed by atoms with Crippen LogP contribution in [0.5, 0.6) is 0 Å². The van der Waals surface area contributed by atoms with Crippen LogP contribution in [-0.2, 0) is 14.3 Å². The van der Waals surface area contributed by atoms with Crippen molar-refractivity contribution in [1.29, 1.82) is 0 Å². The van der Waals surface area contributed by atoms with Crippen molar-refractivity contribution < 1.29 is 14.3 Å². The van der Waals surface area contributed by atoms with Gasteiger partial charge in [-0.15, -0.1) is 0 Å². The Labute approximate surface area is 125 Å². The van der Waals surface area contributed by atoms with Crippen molar-refractivity contribution in [2.45, 2.75) is 91.8 Å². The fraction of sp³-hybridized carbons (Fsp3) is 0.941. The van der Waals surface area contributed by atoms with Crippen molar-refractivity contribution in [2.75, 3.05) is 6.61 Å². The second kappa shape index (κ2) is 13.4. The van der Waals surface area contributed by atoms with Crippen molar-refractivity contribution >= 4 is 5.97 Å². The number of ether oxygens (including phenoxy) is 2. The summed E-state index contributed by atoms with van der Waals surface area (Å²) in [6.07, 6.45) is 9.29. The molecule has 2 atom stereocenters. The zero-order valence-corrected chi connectivity index (χ0v) is 14.0. The Hall–Kier alpha value is -0.570. The second-order valence-electron chi connectivity index (χ2n) is 5.62. The molecule has 0 aromatic rings. The summed E-state index contributed by atoms with van der Waals surface area (Å²) >= 11 is 0. The molecule has 0 saturated carbocycles. The first kappa shape index (κ1) is 19.4. The van der Waals surface area contributed by atoms with Crippen molar-refractivity contribution in [3.8, 4) is 0 Å². The Morgan fingerprint density at radius 2 is 1.70 bits per heavy atom. The molecule has 0 bridgehead atoms. The van der Waals surface area contributed by atoms with Gasteiger partial charge in [0.15, 0.2) is 6.29 Å². The molecule has 0 rings (SSSR count). The lowest BCUT2D eigenvalue weighted by atomic mass is 10.0. The molecule has 20 heavy (non-hydrogen) atoms. The minimum absolute atomic E-state index is 0.129. The minimum Gasteiger partial charge on any atom is -0.436 e. The molecule has 0 aromatic heterocycles. The van der Waals surface area contributed by atoms with E-state index in [1.165, 1.54) is 32.1 Å². The first-order chi connectivity index (χ1) is 9.63. The predicted molar refractivity (Wildman–Crippen MR) is 83.6 cm³/mol. The van der Waals surface area contributed by atoms with Crippen molar-refractivity contribution in [1.82, 2.24) is 0 Å². The van der Waals surface area contributed by atoms with E-state index in [1.807, 2.05) is 6.92 Å². The highest BCUT2D eigenvalue weighted by Gasteiger charge is 2.12. The van der Waals surface area contributed by atoms with Gasteiger partial charge in [-0.2, -0.15) is 0 Å². The van der Waals surface area contributed by atoms with Gasteiger partial charge in [-0.1, -0.05) is 59.3 Å². The lowest BCUT2D eigenvalue weighted by molar-refractivity contribution is -0.177. The van der Waals surface area contributed by atoms with Crippen LogP contribution in [0.2, 0.25) is 0 Å². The van der Waals surface area contributed by atoms with Gasteiger partial charge in [-0.3, -0.25) is 4.79 Å². The van der Waals surface area contributed by atoms with Gasteiger partial charge < -0.3 is 9.47 Å². The average molecular weight is 286 g/mol. The van der Waals surface area contributed by atoms with Gasteiger partial charge in [0, 0.05) is 6.42 Å². The van der Waals surface area contributed by atoms with Crippen LogP contribution in [0.25, 0.3) is 0 Å². The molecule has 3 heteroatoms. The molecule has 0 aromatic carbocycles. The lowest BCUT2D eigenvalue weighted by Gasteiger charge is -2.19. The normalized spacial score (nSPS) is 14.0. The number of carbonyl (C=O) groups is 1. The highest BCUT2D eigenvalue weighted by Crippen LogP contribution is 2.14. The van der Waals surface area contributed by atoms with Crippen LogP contribution in [0.4, 0.5) is 0 Å². The van der Waals surface area contributed by atoms with Gasteiger partial charge >= 0.3 is 5.97 Å². The van der Waals surface area contributed by atoms with E-state index in [-0.39, 0.29) is 5.97 Å². The summed E-state index contributed by atoms with van der Waals surface area (Å²) < 4.78 is 10.9. The first-order valence-corrected chi connectivity index (χ1v) is 8.45. The van der Waals surface area contributed by atoms with Crippen molar-refractivity contribution in [3.05, 3.63) is 0 Å². The number of carbonyl (C=O) groups excluding carboxylic acids is 1. The van der Waals surface area contributed by atoms with Gasteiger partial charge in [0.2, 0.25) is 0 Å². The van der Waals surface area contributed by atoms with Crippen LogP contribution in [0.3, 0.4) is 0 Å². The summed E-state index contributed by atoms with van der Waals surface area (Å²) in [5.41, 5.74) is 0. The van der Waals surface area contributed by atoms with E-state index in [2.05, 4.69) is 20.8 Å². The van der Waals surface area contributed by atoms with Crippen LogP contribution < -0.4 is 0 Å². The molecule has 120 valence electrons. The Morgan fingerprint density at radius 1 is 1.00 bits per heavy atom. The Kier molecular flexibility index (Phi) is 13.0. The monoisotopic (exact) mass is 286 g/mol. The predicted octanol–water partition coefficient (Wildman–Crippen LogP) is 5.08. The third-order valence-corrected chi connectivity index (χ3v) is 3.64. The SMILES string of the molecule is CCCCCCC(=O)OC(C)OCC(CC)CCCC. The maximum atomic E-state index is 11.6. The molecular weight excluding hydrogens is 252 g/mol. The number of hydrogen-bond donors (Lipinski definition) is 0. The number of hydrogen-bond acceptors (Lipinski definition) is 3. The van der Waals surface area contributed by atoms with Crippen LogP contribution in [0.15, 0.2) is 0 Å². The van der Waals surface area contributed by atoms with Gasteiger partial charge in [0.1, 0.15) is 0 Å². The molecule has 0 amide bonds. The van der Waals surface area contributed by atoms with E-state index in [9.17, 15) is 4.79 Å². The Morgan fingerprint density at radius 3 is 2.30 bits per heavy atom. The third-order valence-electron chi connectivity index (χ3n) is 3.64. The quantitative estimate of drug-likeness (QED) is 0.269. The standard InChI is InChI=1S/C17H34O3/c1-5-8-10-11-13-17(18)20-15(4)19-14-16(7-3)12-9-6-2/h15-16H,5-14H2,1-4H3. The second-order valence-corrected chi connectivity index (χ2v) is 5.62. The summed E-state index contributed by atoms with van der Waals surface area (Å²) in [7, 11) is 0. The van der Waals surface area contributed by atoms with Crippen molar-refractivity contribution in [2.24, 2.45) is 5.92 Å². The molecule has 0 fully saturated rings. The molecule has 0 radical (unpaired) electrons. The molecule has 0 aliphatic carbocycles. The average Bonchev–Trinajstić information content (AvgIpc) is 2.44. The molecule has 3 nitrogen and oxygen atoms in total. The van der Waals surface area contributed by atoms with Gasteiger partial charge in [-0.05, 0) is 25.7 Å². The summed E-state index contributed by atoms with van der Waals surface area (Å²) in [4.78, 5) is 11.6.